The number of rotatable bonds is 5. The van der Waals surface area contributed by atoms with Crippen molar-refractivity contribution in [3.05, 3.63) is 41.5 Å². The number of esters is 1. The molecule has 2 unspecified atom stereocenters. The Balaban J connectivity index is 2.04. The normalized spacial score (nSPS) is 22.7. The number of benzene rings is 1. The second kappa shape index (κ2) is 5.85. The van der Waals surface area contributed by atoms with Crippen LogP contribution in [-0.4, -0.2) is 12.6 Å². The zero-order valence-corrected chi connectivity index (χ0v) is 11.1. The van der Waals surface area contributed by atoms with Gasteiger partial charge in [-0.2, -0.15) is 0 Å². The van der Waals surface area contributed by atoms with Crippen molar-refractivity contribution in [1.82, 2.24) is 0 Å². The highest BCUT2D eigenvalue weighted by molar-refractivity contribution is 5.77. The average molecular weight is 244 g/mol. The van der Waals surface area contributed by atoms with Crippen LogP contribution in [0.2, 0.25) is 0 Å². The quantitative estimate of drug-likeness (QED) is 0.738. The van der Waals surface area contributed by atoms with Crippen molar-refractivity contribution in [1.29, 1.82) is 0 Å². The van der Waals surface area contributed by atoms with E-state index in [1.54, 1.807) is 0 Å². The molecule has 18 heavy (non-hydrogen) atoms. The lowest BCUT2D eigenvalue weighted by Crippen LogP contribution is -2.08. The third kappa shape index (κ3) is 3.00. The summed E-state index contributed by atoms with van der Waals surface area (Å²) in [5.74, 6) is 0.462. The first-order valence-corrected chi connectivity index (χ1v) is 6.68. The highest BCUT2D eigenvalue weighted by Gasteiger charge is 2.45. The summed E-state index contributed by atoms with van der Waals surface area (Å²) >= 11 is 0. The van der Waals surface area contributed by atoms with Crippen LogP contribution in [0.5, 0.6) is 0 Å². The van der Waals surface area contributed by atoms with Crippen molar-refractivity contribution in [3.8, 4) is 0 Å². The third-order valence-corrected chi connectivity index (χ3v) is 3.42. The van der Waals surface area contributed by atoms with E-state index in [1.165, 1.54) is 11.1 Å². The monoisotopic (exact) mass is 244 g/mol. The molecule has 2 heteroatoms. The van der Waals surface area contributed by atoms with Crippen molar-refractivity contribution in [3.63, 3.8) is 0 Å². The maximum absolute atomic E-state index is 11.6. The molecule has 0 heterocycles. The number of hydrogen-bond donors (Lipinski definition) is 0. The van der Waals surface area contributed by atoms with Gasteiger partial charge in [0.2, 0.25) is 0 Å². The first-order valence-electron chi connectivity index (χ1n) is 6.68. The second-order valence-electron chi connectivity index (χ2n) is 4.68. The molecular formula is C16H20O2. The molecule has 1 aromatic carbocycles. The average Bonchev–Trinajstić information content (AvgIpc) is 3.18. The van der Waals surface area contributed by atoms with Gasteiger partial charge in [-0.3, -0.25) is 4.79 Å². The topological polar surface area (TPSA) is 26.3 Å². The molecule has 1 aliphatic rings. The van der Waals surface area contributed by atoms with Crippen LogP contribution in [-0.2, 0) is 9.53 Å². The van der Waals surface area contributed by atoms with E-state index in [-0.39, 0.29) is 11.9 Å². The second-order valence-corrected chi connectivity index (χ2v) is 4.68. The summed E-state index contributed by atoms with van der Waals surface area (Å²) in [6, 6.07) is 10.3. The van der Waals surface area contributed by atoms with E-state index in [9.17, 15) is 4.79 Å². The fourth-order valence-electron chi connectivity index (χ4n) is 2.35. The van der Waals surface area contributed by atoms with Gasteiger partial charge in [0.05, 0.1) is 12.5 Å². The van der Waals surface area contributed by atoms with Gasteiger partial charge in [0.25, 0.3) is 0 Å². The molecule has 0 N–H and O–H groups in total. The maximum atomic E-state index is 11.6. The van der Waals surface area contributed by atoms with Gasteiger partial charge in [-0.1, -0.05) is 48.9 Å². The van der Waals surface area contributed by atoms with Crippen LogP contribution in [0.25, 0.3) is 6.08 Å². The van der Waals surface area contributed by atoms with Crippen LogP contribution in [0, 0.1) is 11.8 Å². The molecule has 0 saturated heterocycles. The Hall–Kier alpha value is -1.57. The minimum atomic E-state index is -0.0325. The fraction of sp³-hybridized carbons (Fsp3) is 0.438. The van der Waals surface area contributed by atoms with Crippen LogP contribution in [0.15, 0.2) is 35.9 Å². The maximum Gasteiger partial charge on any atom is 0.309 e. The lowest BCUT2D eigenvalue weighted by Gasteiger charge is -2.05. The standard InChI is InChI=1S/C16H20O2/c1-3-13(10-12-8-6-5-7-9-12)14-11-15(14)16(17)18-4-2/h5-10,14-15H,3-4,11H2,1-2H3. The molecule has 0 aromatic heterocycles. The van der Waals surface area contributed by atoms with E-state index in [0.29, 0.717) is 12.5 Å². The Morgan fingerprint density at radius 2 is 2.00 bits per heavy atom. The van der Waals surface area contributed by atoms with Crippen LogP contribution in [0.4, 0.5) is 0 Å². The molecule has 0 aliphatic heterocycles. The molecule has 0 spiro atoms. The SMILES string of the molecule is CCOC(=O)C1CC1C(=Cc1ccccc1)CC. The first kappa shape index (κ1) is 12.9. The Bertz CT molecular complexity index is 434. The Kier molecular flexibility index (Phi) is 4.19. The smallest absolute Gasteiger partial charge is 0.309 e. The highest BCUT2D eigenvalue weighted by atomic mass is 16.5. The van der Waals surface area contributed by atoms with Gasteiger partial charge in [0.15, 0.2) is 0 Å². The van der Waals surface area contributed by atoms with Crippen LogP contribution >= 0.6 is 0 Å². The van der Waals surface area contributed by atoms with Crippen molar-refractivity contribution >= 4 is 12.0 Å². The molecule has 1 aliphatic carbocycles. The van der Waals surface area contributed by atoms with Crippen LogP contribution in [0.1, 0.15) is 32.3 Å². The summed E-state index contributed by atoms with van der Waals surface area (Å²) in [5.41, 5.74) is 2.57. The predicted molar refractivity (Wildman–Crippen MR) is 72.9 cm³/mol. The summed E-state index contributed by atoms with van der Waals surface area (Å²) < 4.78 is 5.07. The van der Waals surface area contributed by atoms with E-state index >= 15 is 0 Å². The summed E-state index contributed by atoms with van der Waals surface area (Å²) in [5, 5.41) is 0. The molecule has 0 bridgehead atoms. The minimum Gasteiger partial charge on any atom is -0.466 e. The van der Waals surface area contributed by atoms with Gasteiger partial charge in [0, 0.05) is 0 Å². The van der Waals surface area contributed by atoms with E-state index in [1.807, 2.05) is 25.1 Å². The first-order chi connectivity index (χ1) is 8.76. The summed E-state index contributed by atoms with van der Waals surface area (Å²) in [7, 11) is 0. The van der Waals surface area contributed by atoms with Gasteiger partial charge in [-0.25, -0.2) is 0 Å². The van der Waals surface area contributed by atoms with Gasteiger partial charge in [0.1, 0.15) is 0 Å². The third-order valence-electron chi connectivity index (χ3n) is 3.42. The van der Waals surface area contributed by atoms with E-state index in [2.05, 4.69) is 25.1 Å². The molecular weight excluding hydrogens is 224 g/mol. The summed E-state index contributed by atoms with van der Waals surface area (Å²) in [4.78, 5) is 11.6. The van der Waals surface area contributed by atoms with Crippen molar-refractivity contribution in [2.24, 2.45) is 11.8 Å². The Labute approximate surface area is 109 Å². The molecule has 1 saturated carbocycles. The Morgan fingerprint density at radius 3 is 2.61 bits per heavy atom. The zero-order valence-electron chi connectivity index (χ0n) is 11.1. The largest absolute Gasteiger partial charge is 0.466 e. The lowest BCUT2D eigenvalue weighted by atomic mass is 10.0. The zero-order chi connectivity index (χ0) is 13.0. The van der Waals surface area contributed by atoms with Crippen LogP contribution in [0.3, 0.4) is 0 Å². The molecule has 0 radical (unpaired) electrons. The molecule has 0 amide bonds. The number of hydrogen-bond acceptors (Lipinski definition) is 2. The summed E-state index contributed by atoms with van der Waals surface area (Å²) in [6.07, 6.45) is 4.16. The molecule has 2 atom stereocenters. The minimum absolute atomic E-state index is 0.0325. The Morgan fingerprint density at radius 1 is 1.28 bits per heavy atom. The van der Waals surface area contributed by atoms with Gasteiger partial charge < -0.3 is 4.74 Å². The van der Waals surface area contributed by atoms with Crippen LogP contribution < -0.4 is 0 Å². The summed E-state index contributed by atoms with van der Waals surface area (Å²) in [6.45, 7) is 4.48. The molecule has 2 rings (SSSR count). The highest BCUT2D eigenvalue weighted by Crippen LogP contribution is 2.46. The molecule has 96 valence electrons. The lowest BCUT2D eigenvalue weighted by molar-refractivity contribution is -0.144. The van der Waals surface area contributed by atoms with Crippen molar-refractivity contribution in [2.45, 2.75) is 26.7 Å². The number of ether oxygens (including phenoxy) is 1. The molecule has 2 nitrogen and oxygen atoms in total. The predicted octanol–water partition coefficient (Wildman–Crippen LogP) is 3.68. The van der Waals surface area contributed by atoms with Gasteiger partial charge >= 0.3 is 5.97 Å². The van der Waals surface area contributed by atoms with E-state index in [0.717, 1.165) is 12.8 Å². The number of carbonyl (C=O) groups is 1. The van der Waals surface area contributed by atoms with Gasteiger partial charge in [-0.05, 0) is 31.2 Å². The van der Waals surface area contributed by atoms with E-state index in [4.69, 9.17) is 4.74 Å². The van der Waals surface area contributed by atoms with E-state index < -0.39 is 0 Å². The van der Waals surface area contributed by atoms with Crippen molar-refractivity contribution < 1.29 is 9.53 Å². The van der Waals surface area contributed by atoms with Crippen molar-refractivity contribution in [2.75, 3.05) is 6.61 Å². The molecule has 1 fully saturated rings. The number of allylic oxidation sites excluding steroid dienone is 1. The van der Waals surface area contributed by atoms with Gasteiger partial charge in [-0.15, -0.1) is 0 Å². The fourth-order valence-corrected chi connectivity index (χ4v) is 2.35. The molecule has 1 aromatic rings. The number of carbonyl (C=O) groups excluding carboxylic acids is 1.